The fraction of sp³-hybridized carbons (Fsp3) is 1.00. The Hall–Kier alpha value is -0.120. The molecule has 2 fully saturated rings. The molecule has 0 amide bonds. The molecule has 3 heteroatoms. The van der Waals surface area contributed by atoms with E-state index in [2.05, 4.69) is 5.32 Å². The van der Waals surface area contributed by atoms with Gasteiger partial charge in [0.05, 0.1) is 6.61 Å². The average Bonchev–Trinajstić information content (AvgIpc) is 2.29. The molecule has 0 bridgehead atoms. The highest BCUT2D eigenvalue weighted by molar-refractivity contribution is 4.73. The number of rotatable bonds is 3. The largest absolute Gasteiger partial charge is 0.381 e. The highest BCUT2D eigenvalue weighted by atomic mass is 16.5. The Morgan fingerprint density at radius 2 is 1.86 bits per heavy atom. The average molecular weight is 199 g/mol. The number of hydrogen-bond acceptors (Lipinski definition) is 3. The normalized spacial score (nSPS) is 30.4. The molecule has 0 spiro atoms. The van der Waals surface area contributed by atoms with Gasteiger partial charge in [-0.15, -0.1) is 0 Å². The first-order valence-corrected chi connectivity index (χ1v) is 5.84. The lowest BCUT2D eigenvalue weighted by atomic mass is 9.99. The zero-order valence-corrected chi connectivity index (χ0v) is 8.84. The van der Waals surface area contributed by atoms with E-state index in [1.807, 2.05) is 0 Å². The van der Waals surface area contributed by atoms with Crippen LogP contribution in [0.15, 0.2) is 0 Å². The third-order valence-corrected chi connectivity index (χ3v) is 3.20. The molecule has 2 heterocycles. The SMILES string of the molecule is C1COC[C@@H](NCC2CCOCC2)C1. The van der Waals surface area contributed by atoms with Crippen molar-refractivity contribution in [3.8, 4) is 0 Å². The minimum atomic E-state index is 0.603. The van der Waals surface area contributed by atoms with Crippen molar-refractivity contribution in [1.29, 1.82) is 0 Å². The van der Waals surface area contributed by atoms with Gasteiger partial charge in [-0.25, -0.2) is 0 Å². The van der Waals surface area contributed by atoms with Gasteiger partial charge in [-0.3, -0.25) is 0 Å². The molecule has 0 aromatic rings. The van der Waals surface area contributed by atoms with Gasteiger partial charge in [0.2, 0.25) is 0 Å². The van der Waals surface area contributed by atoms with E-state index in [1.54, 1.807) is 0 Å². The maximum Gasteiger partial charge on any atom is 0.0619 e. The van der Waals surface area contributed by atoms with E-state index in [0.29, 0.717) is 6.04 Å². The molecule has 0 saturated carbocycles. The van der Waals surface area contributed by atoms with Crippen LogP contribution in [0.4, 0.5) is 0 Å². The van der Waals surface area contributed by atoms with Crippen LogP contribution in [-0.2, 0) is 9.47 Å². The third-order valence-electron chi connectivity index (χ3n) is 3.20. The second-order valence-electron chi connectivity index (χ2n) is 4.38. The number of ether oxygens (including phenoxy) is 2. The molecule has 2 aliphatic rings. The van der Waals surface area contributed by atoms with Crippen molar-refractivity contribution in [2.24, 2.45) is 5.92 Å². The summed E-state index contributed by atoms with van der Waals surface area (Å²) < 4.78 is 10.8. The van der Waals surface area contributed by atoms with Crippen molar-refractivity contribution < 1.29 is 9.47 Å². The lowest BCUT2D eigenvalue weighted by Crippen LogP contribution is -2.40. The van der Waals surface area contributed by atoms with Gasteiger partial charge in [-0.2, -0.15) is 0 Å². The van der Waals surface area contributed by atoms with Gasteiger partial charge in [0.15, 0.2) is 0 Å². The summed E-state index contributed by atoms with van der Waals surface area (Å²) in [4.78, 5) is 0. The van der Waals surface area contributed by atoms with Gasteiger partial charge in [0.1, 0.15) is 0 Å². The summed E-state index contributed by atoms with van der Waals surface area (Å²) in [6, 6.07) is 0.603. The van der Waals surface area contributed by atoms with Crippen LogP contribution in [0.25, 0.3) is 0 Å². The fourth-order valence-electron chi connectivity index (χ4n) is 2.19. The van der Waals surface area contributed by atoms with Gasteiger partial charge in [0.25, 0.3) is 0 Å². The monoisotopic (exact) mass is 199 g/mol. The standard InChI is InChI=1S/C11H21NO2/c1-2-11(9-14-5-1)12-8-10-3-6-13-7-4-10/h10-12H,1-9H2/t11-/m0/s1. The molecule has 0 radical (unpaired) electrons. The van der Waals surface area contributed by atoms with Gasteiger partial charge in [-0.1, -0.05) is 0 Å². The molecule has 0 aromatic carbocycles. The Balaban J connectivity index is 1.60. The lowest BCUT2D eigenvalue weighted by molar-refractivity contribution is 0.0521. The van der Waals surface area contributed by atoms with Crippen LogP contribution in [0.2, 0.25) is 0 Å². The molecule has 2 saturated heterocycles. The second kappa shape index (κ2) is 5.69. The van der Waals surface area contributed by atoms with E-state index >= 15 is 0 Å². The molecule has 1 N–H and O–H groups in total. The highest BCUT2D eigenvalue weighted by Crippen LogP contribution is 2.14. The Labute approximate surface area is 86.2 Å². The van der Waals surface area contributed by atoms with Gasteiger partial charge in [-0.05, 0) is 38.1 Å². The molecule has 3 nitrogen and oxygen atoms in total. The van der Waals surface area contributed by atoms with E-state index in [1.165, 1.54) is 25.7 Å². The molecule has 14 heavy (non-hydrogen) atoms. The fourth-order valence-corrected chi connectivity index (χ4v) is 2.19. The molecule has 0 aromatic heterocycles. The van der Waals surface area contributed by atoms with Gasteiger partial charge in [0, 0.05) is 25.9 Å². The van der Waals surface area contributed by atoms with E-state index < -0.39 is 0 Å². The number of hydrogen-bond donors (Lipinski definition) is 1. The smallest absolute Gasteiger partial charge is 0.0619 e. The van der Waals surface area contributed by atoms with Crippen molar-refractivity contribution in [1.82, 2.24) is 5.32 Å². The first kappa shape index (κ1) is 10.4. The minimum Gasteiger partial charge on any atom is -0.381 e. The van der Waals surface area contributed by atoms with Gasteiger partial charge >= 0.3 is 0 Å². The van der Waals surface area contributed by atoms with Crippen LogP contribution in [-0.4, -0.2) is 39.0 Å². The summed E-state index contributed by atoms with van der Waals surface area (Å²) in [5.74, 6) is 0.825. The predicted molar refractivity (Wildman–Crippen MR) is 55.4 cm³/mol. The molecule has 1 atom stereocenters. The van der Waals surface area contributed by atoms with Crippen molar-refractivity contribution >= 4 is 0 Å². The van der Waals surface area contributed by atoms with Crippen LogP contribution >= 0.6 is 0 Å². The maximum absolute atomic E-state index is 5.43. The lowest BCUT2D eigenvalue weighted by Gasteiger charge is -2.27. The van der Waals surface area contributed by atoms with E-state index in [-0.39, 0.29) is 0 Å². The summed E-state index contributed by atoms with van der Waals surface area (Å²) in [6.07, 6.45) is 4.94. The highest BCUT2D eigenvalue weighted by Gasteiger charge is 2.17. The second-order valence-corrected chi connectivity index (χ2v) is 4.38. The third kappa shape index (κ3) is 3.23. The predicted octanol–water partition coefficient (Wildman–Crippen LogP) is 1.18. The van der Waals surface area contributed by atoms with E-state index in [4.69, 9.17) is 9.47 Å². The first-order chi connectivity index (χ1) is 6.95. The minimum absolute atomic E-state index is 0.603. The van der Waals surface area contributed by atoms with Crippen molar-refractivity contribution in [3.63, 3.8) is 0 Å². The summed E-state index contributed by atoms with van der Waals surface area (Å²) in [7, 11) is 0. The van der Waals surface area contributed by atoms with Crippen molar-refractivity contribution in [3.05, 3.63) is 0 Å². The molecule has 0 unspecified atom stereocenters. The molecule has 0 aliphatic carbocycles. The van der Waals surface area contributed by atoms with Crippen molar-refractivity contribution in [2.75, 3.05) is 33.0 Å². The topological polar surface area (TPSA) is 30.5 Å². The quantitative estimate of drug-likeness (QED) is 0.740. The summed E-state index contributed by atoms with van der Waals surface area (Å²) in [5, 5.41) is 3.61. The summed E-state index contributed by atoms with van der Waals surface area (Å²) >= 11 is 0. The van der Waals surface area contributed by atoms with Crippen LogP contribution < -0.4 is 5.32 Å². The zero-order valence-electron chi connectivity index (χ0n) is 8.84. The molecule has 82 valence electrons. The Morgan fingerprint density at radius 3 is 2.57 bits per heavy atom. The van der Waals surface area contributed by atoms with Crippen molar-refractivity contribution in [2.45, 2.75) is 31.7 Å². The van der Waals surface area contributed by atoms with Gasteiger partial charge < -0.3 is 14.8 Å². The number of nitrogens with one attached hydrogen (secondary N) is 1. The zero-order chi connectivity index (χ0) is 9.64. The van der Waals surface area contributed by atoms with Crippen LogP contribution in [0.5, 0.6) is 0 Å². The Bertz CT molecular complexity index is 133. The molecule has 2 aliphatic heterocycles. The Morgan fingerprint density at radius 1 is 1.00 bits per heavy atom. The summed E-state index contributed by atoms with van der Waals surface area (Å²) in [6.45, 7) is 4.91. The molecular formula is C11H21NO2. The van der Waals surface area contributed by atoms with Crippen LogP contribution in [0, 0.1) is 5.92 Å². The summed E-state index contributed by atoms with van der Waals surface area (Å²) in [5.41, 5.74) is 0. The molecule has 2 rings (SSSR count). The Kier molecular flexibility index (Phi) is 4.22. The van der Waals surface area contributed by atoms with E-state index in [9.17, 15) is 0 Å². The first-order valence-electron chi connectivity index (χ1n) is 5.84. The van der Waals surface area contributed by atoms with Crippen LogP contribution in [0.3, 0.4) is 0 Å². The van der Waals surface area contributed by atoms with Crippen LogP contribution in [0.1, 0.15) is 25.7 Å². The van der Waals surface area contributed by atoms with E-state index in [0.717, 1.165) is 38.9 Å². The molecular weight excluding hydrogens is 178 g/mol. The maximum atomic E-state index is 5.43.